The number of rotatable bonds is 4. The molecule has 3 heteroatoms. The van der Waals surface area contributed by atoms with Gasteiger partial charge in [0.1, 0.15) is 5.82 Å². The molecule has 4 rings (SSSR count). The number of benzene rings is 1. The van der Waals surface area contributed by atoms with Crippen molar-refractivity contribution < 1.29 is 4.39 Å². The molecule has 5 unspecified atom stereocenters. The minimum atomic E-state index is -0.141. The van der Waals surface area contributed by atoms with E-state index in [1.54, 1.807) is 6.07 Å². The molecule has 3 saturated carbocycles. The van der Waals surface area contributed by atoms with Crippen LogP contribution in [0.4, 0.5) is 4.39 Å². The molecule has 0 aliphatic heterocycles. The van der Waals surface area contributed by atoms with Crippen LogP contribution < -0.4 is 11.3 Å². The molecular formula is C17H23FN2. The van der Waals surface area contributed by atoms with Gasteiger partial charge >= 0.3 is 0 Å². The first-order valence-electron chi connectivity index (χ1n) is 7.90. The molecular weight excluding hydrogens is 251 g/mol. The summed E-state index contributed by atoms with van der Waals surface area (Å²) in [6, 6.07) is 5.40. The molecule has 0 spiro atoms. The molecule has 3 N–H and O–H groups in total. The maximum atomic E-state index is 13.4. The minimum absolute atomic E-state index is 0.141. The molecule has 108 valence electrons. The molecule has 1 aromatic rings. The van der Waals surface area contributed by atoms with Gasteiger partial charge in [-0.05, 0) is 85.5 Å². The smallest absolute Gasteiger partial charge is 0.123 e. The van der Waals surface area contributed by atoms with E-state index in [1.807, 2.05) is 6.07 Å². The second-order valence-electron chi connectivity index (χ2n) is 7.11. The van der Waals surface area contributed by atoms with Crippen LogP contribution in [0, 0.1) is 42.3 Å². The van der Waals surface area contributed by atoms with Gasteiger partial charge in [0.25, 0.3) is 0 Å². The molecule has 5 atom stereocenters. The first kappa shape index (κ1) is 12.8. The number of hydrogen-bond acceptors (Lipinski definition) is 2. The summed E-state index contributed by atoms with van der Waals surface area (Å²) < 4.78 is 13.4. The van der Waals surface area contributed by atoms with Crippen LogP contribution in [-0.4, -0.2) is 6.04 Å². The highest BCUT2D eigenvalue weighted by molar-refractivity contribution is 5.28. The van der Waals surface area contributed by atoms with Gasteiger partial charge in [-0.3, -0.25) is 11.3 Å². The summed E-state index contributed by atoms with van der Waals surface area (Å²) in [7, 11) is 0. The average Bonchev–Trinajstić information content (AvgIpc) is 2.87. The standard InChI is InChI=1S/C17H23FN2/c1-9-2-5-13(18)7-12(9)8-14(20-19)17-15-10-3-4-11(6-10)16(15)17/h2,5,7,10-11,14-17,20H,3-4,6,8,19H2,1H3. The predicted molar refractivity (Wildman–Crippen MR) is 77.3 cm³/mol. The first-order valence-corrected chi connectivity index (χ1v) is 7.90. The number of nitrogens with one attached hydrogen (secondary N) is 1. The lowest BCUT2D eigenvalue weighted by Crippen LogP contribution is -2.40. The number of hydrazine groups is 1. The zero-order valence-electron chi connectivity index (χ0n) is 12.0. The molecule has 3 aliphatic carbocycles. The van der Waals surface area contributed by atoms with E-state index in [-0.39, 0.29) is 5.82 Å². The van der Waals surface area contributed by atoms with Crippen molar-refractivity contribution in [3.8, 4) is 0 Å². The molecule has 0 heterocycles. The summed E-state index contributed by atoms with van der Waals surface area (Å²) in [4.78, 5) is 0. The molecule has 0 radical (unpaired) electrons. The Morgan fingerprint density at radius 3 is 2.65 bits per heavy atom. The van der Waals surface area contributed by atoms with E-state index in [2.05, 4.69) is 12.3 Å². The van der Waals surface area contributed by atoms with Crippen LogP contribution in [0.25, 0.3) is 0 Å². The van der Waals surface area contributed by atoms with E-state index in [4.69, 9.17) is 5.84 Å². The van der Waals surface area contributed by atoms with Gasteiger partial charge in [-0.1, -0.05) is 6.07 Å². The number of halogens is 1. The van der Waals surface area contributed by atoms with Gasteiger partial charge in [0.15, 0.2) is 0 Å². The minimum Gasteiger partial charge on any atom is -0.271 e. The topological polar surface area (TPSA) is 38.0 Å². The van der Waals surface area contributed by atoms with Crippen molar-refractivity contribution in [3.63, 3.8) is 0 Å². The number of hydrogen-bond donors (Lipinski definition) is 2. The Hall–Kier alpha value is -0.930. The van der Waals surface area contributed by atoms with Gasteiger partial charge < -0.3 is 0 Å². The van der Waals surface area contributed by atoms with Crippen LogP contribution in [0.1, 0.15) is 30.4 Å². The van der Waals surface area contributed by atoms with E-state index in [9.17, 15) is 4.39 Å². The van der Waals surface area contributed by atoms with E-state index < -0.39 is 0 Å². The van der Waals surface area contributed by atoms with Gasteiger partial charge in [-0.15, -0.1) is 0 Å². The van der Waals surface area contributed by atoms with Crippen LogP contribution in [0.15, 0.2) is 18.2 Å². The zero-order valence-corrected chi connectivity index (χ0v) is 12.0. The third kappa shape index (κ3) is 1.83. The van der Waals surface area contributed by atoms with Crippen LogP contribution in [0.5, 0.6) is 0 Å². The molecule has 3 aliphatic rings. The quantitative estimate of drug-likeness (QED) is 0.654. The third-order valence-corrected chi connectivity index (χ3v) is 6.22. The summed E-state index contributed by atoms with van der Waals surface area (Å²) >= 11 is 0. The van der Waals surface area contributed by atoms with Crippen LogP contribution in [0.2, 0.25) is 0 Å². The molecule has 0 saturated heterocycles. The fourth-order valence-corrected chi connectivity index (χ4v) is 5.33. The molecule has 1 aromatic carbocycles. The predicted octanol–water partition coefficient (Wildman–Crippen LogP) is 2.80. The van der Waals surface area contributed by atoms with Crippen molar-refractivity contribution in [2.45, 2.75) is 38.6 Å². The highest BCUT2D eigenvalue weighted by Crippen LogP contribution is 2.70. The molecule has 2 bridgehead atoms. The van der Waals surface area contributed by atoms with Gasteiger partial charge in [0, 0.05) is 6.04 Å². The fraction of sp³-hybridized carbons (Fsp3) is 0.647. The molecule has 2 nitrogen and oxygen atoms in total. The van der Waals surface area contributed by atoms with E-state index in [0.717, 1.165) is 41.6 Å². The molecule has 20 heavy (non-hydrogen) atoms. The Kier molecular flexibility index (Phi) is 2.90. The van der Waals surface area contributed by atoms with Crippen LogP contribution >= 0.6 is 0 Å². The lowest BCUT2D eigenvalue weighted by Gasteiger charge is -2.20. The lowest BCUT2D eigenvalue weighted by molar-refractivity contribution is 0.364. The Morgan fingerprint density at radius 1 is 1.30 bits per heavy atom. The highest BCUT2D eigenvalue weighted by Gasteiger charge is 2.66. The number of fused-ring (bicyclic) bond motifs is 5. The summed E-state index contributed by atoms with van der Waals surface area (Å²) in [5.74, 6) is 10.1. The largest absolute Gasteiger partial charge is 0.271 e. The first-order chi connectivity index (χ1) is 9.69. The molecule has 3 fully saturated rings. The maximum absolute atomic E-state index is 13.4. The second-order valence-corrected chi connectivity index (χ2v) is 7.11. The third-order valence-electron chi connectivity index (χ3n) is 6.22. The molecule has 0 amide bonds. The Bertz CT molecular complexity index is 514. The zero-order chi connectivity index (χ0) is 13.9. The van der Waals surface area contributed by atoms with Gasteiger partial charge in [-0.2, -0.15) is 0 Å². The normalized spacial score (nSPS) is 38.9. The van der Waals surface area contributed by atoms with Crippen molar-refractivity contribution in [1.82, 2.24) is 5.43 Å². The van der Waals surface area contributed by atoms with Crippen molar-refractivity contribution in [2.24, 2.45) is 35.4 Å². The van der Waals surface area contributed by atoms with Gasteiger partial charge in [0.2, 0.25) is 0 Å². The van der Waals surface area contributed by atoms with Crippen LogP contribution in [-0.2, 0) is 6.42 Å². The van der Waals surface area contributed by atoms with E-state index in [0.29, 0.717) is 6.04 Å². The van der Waals surface area contributed by atoms with Gasteiger partial charge in [0.05, 0.1) is 0 Å². The van der Waals surface area contributed by atoms with E-state index >= 15 is 0 Å². The van der Waals surface area contributed by atoms with Crippen LogP contribution in [0.3, 0.4) is 0 Å². The number of aryl methyl sites for hydroxylation is 1. The molecule has 0 aromatic heterocycles. The van der Waals surface area contributed by atoms with Crippen molar-refractivity contribution in [2.75, 3.05) is 0 Å². The Labute approximate surface area is 119 Å². The lowest BCUT2D eigenvalue weighted by atomic mass is 9.92. The van der Waals surface area contributed by atoms with Gasteiger partial charge in [-0.25, -0.2) is 4.39 Å². The van der Waals surface area contributed by atoms with E-state index in [1.165, 1.54) is 30.9 Å². The fourth-order valence-electron chi connectivity index (χ4n) is 5.33. The number of nitrogens with two attached hydrogens (primary N) is 1. The summed E-state index contributed by atoms with van der Waals surface area (Å²) in [5.41, 5.74) is 5.30. The summed E-state index contributed by atoms with van der Waals surface area (Å²) in [6.45, 7) is 2.06. The van der Waals surface area contributed by atoms with Crippen molar-refractivity contribution >= 4 is 0 Å². The SMILES string of the molecule is Cc1ccc(F)cc1CC(NN)C1C2C3CCC(C3)C21. The van der Waals surface area contributed by atoms with Crippen molar-refractivity contribution in [1.29, 1.82) is 0 Å². The highest BCUT2D eigenvalue weighted by atomic mass is 19.1. The Balaban J connectivity index is 1.51. The van der Waals surface area contributed by atoms with Crippen molar-refractivity contribution in [3.05, 3.63) is 35.1 Å². The summed E-state index contributed by atoms with van der Waals surface area (Å²) in [6.07, 6.45) is 5.18. The second kappa shape index (κ2) is 4.54. The maximum Gasteiger partial charge on any atom is 0.123 e. The monoisotopic (exact) mass is 274 g/mol. The summed E-state index contributed by atoms with van der Waals surface area (Å²) in [5, 5.41) is 0. The Morgan fingerprint density at radius 2 is 2.00 bits per heavy atom. The average molecular weight is 274 g/mol.